The first kappa shape index (κ1) is 32.0. The van der Waals surface area contributed by atoms with Gasteiger partial charge in [0.2, 0.25) is 0 Å². The van der Waals surface area contributed by atoms with E-state index in [0.29, 0.717) is 13.2 Å². The molecule has 0 fully saturated rings. The van der Waals surface area contributed by atoms with Gasteiger partial charge >= 0.3 is 11.9 Å². The highest BCUT2D eigenvalue weighted by molar-refractivity contribution is 6.82. The number of hydrogen-bond acceptors (Lipinski definition) is 5. The Morgan fingerprint density at radius 2 is 1.58 bits per heavy atom. The molecule has 0 saturated carbocycles. The van der Waals surface area contributed by atoms with E-state index < -0.39 is 28.3 Å². The quantitative estimate of drug-likeness (QED) is 0.0987. The normalized spacial score (nSPS) is 14.6. The van der Waals surface area contributed by atoms with E-state index in [1.807, 2.05) is 0 Å². The van der Waals surface area contributed by atoms with E-state index >= 15 is 0 Å². The van der Waals surface area contributed by atoms with E-state index in [1.54, 1.807) is 0 Å². The minimum absolute atomic E-state index is 0.0124. The molecule has 0 heterocycles. The molecule has 0 radical (unpaired) electrons. The van der Waals surface area contributed by atoms with Crippen molar-refractivity contribution in [1.82, 2.24) is 0 Å². The fourth-order valence-electron chi connectivity index (χ4n) is 3.81. The average Bonchev–Trinajstić information content (AvgIpc) is 2.70. The lowest BCUT2D eigenvalue weighted by Crippen LogP contribution is -2.60. The number of carbonyl (C=O) groups excluding carboxylic acids is 1. The molecule has 0 aliphatic heterocycles. The summed E-state index contributed by atoms with van der Waals surface area (Å²) in [6, 6.07) is 1.31. The molecule has 0 aliphatic rings. The van der Waals surface area contributed by atoms with Crippen LogP contribution >= 0.6 is 0 Å². The number of rotatable bonds is 18. The summed E-state index contributed by atoms with van der Waals surface area (Å²) < 4.78 is 17.7. The molecule has 8 heteroatoms. The first-order valence-corrected chi connectivity index (χ1v) is 18.5. The van der Waals surface area contributed by atoms with Crippen molar-refractivity contribution in [2.24, 2.45) is 0 Å². The molecular formula is C25H50O6Si2. The van der Waals surface area contributed by atoms with Gasteiger partial charge in [-0.1, -0.05) is 66.3 Å². The molecule has 6 nitrogen and oxygen atoms in total. The Labute approximate surface area is 204 Å². The Morgan fingerprint density at radius 3 is 2.09 bits per heavy atom. The minimum atomic E-state index is -2.00. The fourth-order valence-corrected chi connectivity index (χ4v) is 10.7. The Morgan fingerprint density at radius 1 is 0.970 bits per heavy atom. The molecular weight excluding hydrogens is 452 g/mol. The average molecular weight is 503 g/mol. The molecule has 0 rings (SSSR count). The van der Waals surface area contributed by atoms with E-state index in [9.17, 15) is 9.59 Å². The van der Waals surface area contributed by atoms with Crippen LogP contribution in [0.3, 0.4) is 0 Å². The van der Waals surface area contributed by atoms with Crippen molar-refractivity contribution in [3.63, 3.8) is 0 Å². The van der Waals surface area contributed by atoms with Crippen LogP contribution < -0.4 is 0 Å². The van der Waals surface area contributed by atoms with E-state index in [-0.39, 0.29) is 28.9 Å². The van der Waals surface area contributed by atoms with E-state index in [2.05, 4.69) is 67.4 Å². The van der Waals surface area contributed by atoms with Gasteiger partial charge in [-0.25, -0.2) is 4.79 Å². The van der Waals surface area contributed by atoms with E-state index in [4.69, 9.17) is 19.0 Å². The summed E-state index contributed by atoms with van der Waals surface area (Å²) in [5, 5.41) is 8.83. The summed E-state index contributed by atoms with van der Waals surface area (Å²) in [5.74, 6) is -1.78. The monoisotopic (exact) mass is 502 g/mol. The van der Waals surface area contributed by atoms with Gasteiger partial charge in [-0.05, 0) is 44.3 Å². The van der Waals surface area contributed by atoms with Gasteiger partial charge in [0.05, 0.1) is 21.1 Å². The number of carbonyl (C=O) groups is 2. The topological polar surface area (TPSA) is 82.1 Å². The predicted molar refractivity (Wildman–Crippen MR) is 141 cm³/mol. The van der Waals surface area contributed by atoms with Crippen LogP contribution in [0.2, 0.25) is 37.3 Å². The van der Waals surface area contributed by atoms with Gasteiger partial charge in [0, 0.05) is 17.4 Å². The van der Waals surface area contributed by atoms with Gasteiger partial charge < -0.3 is 19.0 Å². The Hall–Kier alpha value is -0.966. The lowest BCUT2D eigenvalue weighted by atomic mass is 10.1. The van der Waals surface area contributed by atoms with Crippen LogP contribution in [0.15, 0.2) is 12.2 Å². The van der Waals surface area contributed by atoms with Gasteiger partial charge in [-0.15, -0.1) is 0 Å². The summed E-state index contributed by atoms with van der Waals surface area (Å²) in [5.41, 5.74) is -0.173. The van der Waals surface area contributed by atoms with Crippen molar-refractivity contribution < 1.29 is 28.6 Å². The number of carboxylic acid groups (broad SMARTS) is 1. The van der Waals surface area contributed by atoms with Crippen molar-refractivity contribution in [3.05, 3.63) is 12.2 Å². The standard InChI is InChI=1S/C25H50O6Si2/c1-11-13-19-32(7,8)25(6,12-2)31-33(9,10)24(4,5)15-14-16-29-17-18-30-22(26)20-21(3)23(27)28/h3,11-20H2,1-2,4-10H3,(H,27,28). The smallest absolute Gasteiger partial charge is 0.331 e. The molecule has 0 saturated heterocycles. The van der Waals surface area contributed by atoms with Crippen LogP contribution in [0.4, 0.5) is 0 Å². The SMILES string of the molecule is C=C(CC(=O)OCCOCCCC(C)(C)[Si](C)(C)OC(C)(CC)[Si](C)(C)CCCC)C(=O)O. The van der Waals surface area contributed by atoms with Crippen LogP contribution in [0.25, 0.3) is 0 Å². The molecule has 194 valence electrons. The molecule has 0 aliphatic carbocycles. The minimum Gasteiger partial charge on any atom is -0.478 e. The van der Waals surface area contributed by atoms with Gasteiger partial charge in [0.25, 0.3) is 0 Å². The molecule has 0 aromatic heterocycles. The second-order valence-corrected chi connectivity index (χ2v) is 21.0. The number of hydrogen-bond donors (Lipinski definition) is 1. The molecule has 0 bridgehead atoms. The molecule has 1 N–H and O–H groups in total. The molecule has 33 heavy (non-hydrogen) atoms. The van der Waals surface area contributed by atoms with Crippen molar-refractivity contribution in [1.29, 1.82) is 0 Å². The molecule has 0 amide bonds. The highest BCUT2D eigenvalue weighted by Gasteiger charge is 2.50. The third kappa shape index (κ3) is 10.4. The number of esters is 1. The van der Waals surface area contributed by atoms with Gasteiger partial charge in [0.15, 0.2) is 8.32 Å². The van der Waals surface area contributed by atoms with Crippen molar-refractivity contribution in [2.45, 2.75) is 116 Å². The second-order valence-electron chi connectivity index (χ2n) is 11.1. The maximum absolute atomic E-state index is 11.5. The van der Waals surface area contributed by atoms with Crippen LogP contribution in [0.1, 0.15) is 73.1 Å². The number of ether oxygens (including phenoxy) is 2. The first-order valence-electron chi connectivity index (χ1n) is 12.4. The summed E-state index contributed by atoms with van der Waals surface area (Å²) in [6.45, 7) is 25.6. The predicted octanol–water partition coefficient (Wildman–Crippen LogP) is 6.58. The number of aliphatic carboxylic acids is 1. The highest BCUT2D eigenvalue weighted by Crippen LogP contribution is 2.46. The van der Waals surface area contributed by atoms with Crippen LogP contribution in [-0.4, -0.2) is 58.5 Å². The number of carboxylic acids is 1. The zero-order valence-electron chi connectivity index (χ0n) is 22.8. The first-order chi connectivity index (χ1) is 15.0. The Bertz CT molecular complexity index is 645. The van der Waals surface area contributed by atoms with Gasteiger partial charge in [0.1, 0.15) is 6.61 Å². The third-order valence-electron chi connectivity index (χ3n) is 7.61. The zero-order chi connectivity index (χ0) is 25.9. The summed E-state index contributed by atoms with van der Waals surface area (Å²) in [4.78, 5) is 22.2. The maximum atomic E-state index is 11.5. The van der Waals surface area contributed by atoms with E-state index in [0.717, 1.165) is 19.3 Å². The van der Waals surface area contributed by atoms with Crippen molar-refractivity contribution >= 4 is 28.3 Å². The lowest BCUT2D eigenvalue weighted by molar-refractivity contribution is -0.146. The van der Waals surface area contributed by atoms with Crippen molar-refractivity contribution in [3.8, 4) is 0 Å². The Balaban J connectivity index is 4.59. The fraction of sp³-hybridized carbons (Fsp3) is 0.840. The van der Waals surface area contributed by atoms with E-state index in [1.165, 1.54) is 18.9 Å². The highest BCUT2D eigenvalue weighted by atomic mass is 28.4. The van der Waals surface area contributed by atoms with Gasteiger partial charge in [-0.3, -0.25) is 4.79 Å². The third-order valence-corrected chi connectivity index (χ3v) is 17.2. The lowest BCUT2D eigenvalue weighted by Gasteiger charge is -2.51. The van der Waals surface area contributed by atoms with Crippen LogP contribution in [0, 0.1) is 0 Å². The Kier molecular flexibility index (Phi) is 13.4. The second kappa shape index (κ2) is 13.8. The molecule has 0 aromatic carbocycles. The number of unbranched alkanes of at least 4 members (excludes halogenated alkanes) is 1. The van der Waals surface area contributed by atoms with Crippen LogP contribution in [-0.2, 0) is 23.5 Å². The zero-order valence-corrected chi connectivity index (χ0v) is 24.8. The molecule has 0 aromatic rings. The summed E-state index contributed by atoms with van der Waals surface area (Å²) >= 11 is 0. The summed E-state index contributed by atoms with van der Waals surface area (Å²) in [6.07, 6.45) is 5.20. The van der Waals surface area contributed by atoms with Crippen molar-refractivity contribution in [2.75, 3.05) is 19.8 Å². The summed E-state index contributed by atoms with van der Waals surface area (Å²) in [7, 11) is -3.54. The molecule has 0 spiro atoms. The molecule has 1 atom stereocenters. The van der Waals surface area contributed by atoms with Crippen LogP contribution in [0.5, 0.6) is 0 Å². The molecule has 1 unspecified atom stereocenters. The van der Waals surface area contributed by atoms with Gasteiger partial charge in [-0.2, -0.15) is 0 Å². The maximum Gasteiger partial charge on any atom is 0.331 e. The largest absolute Gasteiger partial charge is 0.478 e.